The van der Waals surface area contributed by atoms with Crippen LogP contribution in [0, 0.1) is 9.39 Å². The first-order valence-corrected chi connectivity index (χ1v) is 5.46. The topological polar surface area (TPSA) is 71.8 Å². The molecule has 16 heavy (non-hydrogen) atoms. The molecule has 0 unspecified atom stereocenters. The van der Waals surface area contributed by atoms with Crippen LogP contribution in [0.25, 0.3) is 11.3 Å². The number of H-pyrrole nitrogens is 1. The predicted molar refractivity (Wildman–Crippen MR) is 65.2 cm³/mol. The van der Waals surface area contributed by atoms with Crippen LogP contribution >= 0.6 is 22.6 Å². The van der Waals surface area contributed by atoms with Crippen molar-refractivity contribution in [2.75, 3.05) is 0 Å². The molecule has 4 nitrogen and oxygen atoms in total. The van der Waals surface area contributed by atoms with Gasteiger partial charge in [-0.15, -0.1) is 0 Å². The quantitative estimate of drug-likeness (QED) is 0.826. The number of nitrogens with one attached hydrogen (secondary N) is 1. The lowest BCUT2D eigenvalue weighted by atomic mass is 10.1. The third-order valence-electron chi connectivity index (χ3n) is 2.05. The second kappa shape index (κ2) is 4.20. The Kier molecular flexibility index (Phi) is 2.90. The highest BCUT2D eigenvalue weighted by atomic mass is 127. The Morgan fingerprint density at radius 1 is 1.44 bits per heavy atom. The second-order valence-electron chi connectivity index (χ2n) is 3.16. The van der Waals surface area contributed by atoms with Crippen LogP contribution in [0.3, 0.4) is 0 Å². The Balaban J connectivity index is 2.50. The third kappa shape index (κ3) is 2.06. The molecule has 0 aliphatic carbocycles. The number of nitrogens with two attached hydrogens (primary N) is 1. The van der Waals surface area contributed by atoms with E-state index in [0.717, 1.165) is 3.57 Å². The van der Waals surface area contributed by atoms with Gasteiger partial charge >= 0.3 is 0 Å². The second-order valence-corrected chi connectivity index (χ2v) is 4.32. The van der Waals surface area contributed by atoms with Gasteiger partial charge in [0.25, 0.3) is 5.91 Å². The van der Waals surface area contributed by atoms with Crippen molar-refractivity contribution in [3.05, 3.63) is 39.3 Å². The third-order valence-corrected chi connectivity index (χ3v) is 2.99. The maximum absolute atomic E-state index is 13.1. The summed E-state index contributed by atoms with van der Waals surface area (Å²) in [5.41, 5.74) is 6.42. The zero-order valence-corrected chi connectivity index (χ0v) is 10.2. The number of primary amides is 1. The molecule has 1 aromatic carbocycles. The predicted octanol–water partition coefficient (Wildman–Crippen LogP) is 1.92. The summed E-state index contributed by atoms with van der Waals surface area (Å²) in [5.74, 6) is -0.941. The number of hydrogen-bond acceptors (Lipinski definition) is 2. The van der Waals surface area contributed by atoms with E-state index in [4.69, 9.17) is 5.73 Å². The summed E-state index contributed by atoms with van der Waals surface area (Å²) in [6.45, 7) is 0. The smallest absolute Gasteiger partial charge is 0.266 e. The van der Waals surface area contributed by atoms with E-state index in [0.29, 0.717) is 11.3 Å². The number of carbonyl (C=O) groups excluding carboxylic acids is 1. The number of nitrogens with zero attached hydrogens (tertiary/aromatic N) is 1. The summed E-state index contributed by atoms with van der Waals surface area (Å²) in [6.07, 6.45) is 0. The van der Waals surface area contributed by atoms with Gasteiger partial charge in [-0.05, 0) is 46.9 Å². The molecule has 0 fully saturated rings. The van der Waals surface area contributed by atoms with E-state index in [2.05, 4.69) is 32.8 Å². The first-order valence-electron chi connectivity index (χ1n) is 4.38. The van der Waals surface area contributed by atoms with Crippen molar-refractivity contribution >= 4 is 28.5 Å². The Bertz CT molecular complexity index is 553. The molecule has 1 heterocycles. The zero-order valence-electron chi connectivity index (χ0n) is 8.00. The van der Waals surface area contributed by atoms with Gasteiger partial charge in [0.15, 0.2) is 0 Å². The molecule has 0 saturated carbocycles. The standard InChI is InChI=1S/C10H7FIN3O/c11-5-1-2-7(12)6(3-5)8-4-9(10(13)16)15-14-8/h1-4H,(H2,13,16)(H,14,15). The highest BCUT2D eigenvalue weighted by Gasteiger charge is 2.10. The van der Waals surface area contributed by atoms with Crippen LogP contribution in [0.2, 0.25) is 0 Å². The van der Waals surface area contributed by atoms with Crippen molar-refractivity contribution in [3.63, 3.8) is 0 Å². The monoisotopic (exact) mass is 331 g/mol. The molecule has 2 rings (SSSR count). The van der Waals surface area contributed by atoms with Crippen molar-refractivity contribution < 1.29 is 9.18 Å². The van der Waals surface area contributed by atoms with Crippen molar-refractivity contribution in [2.45, 2.75) is 0 Å². The van der Waals surface area contributed by atoms with E-state index in [1.165, 1.54) is 18.2 Å². The summed E-state index contributed by atoms with van der Waals surface area (Å²) in [5, 5.41) is 6.41. The van der Waals surface area contributed by atoms with E-state index in [-0.39, 0.29) is 11.5 Å². The van der Waals surface area contributed by atoms with Gasteiger partial charge < -0.3 is 5.73 Å². The normalized spacial score (nSPS) is 10.4. The molecule has 2 aromatic rings. The molecule has 0 bridgehead atoms. The number of benzene rings is 1. The fraction of sp³-hybridized carbons (Fsp3) is 0. The molecular weight excluding hydrogens is 324 g/mol. The van der Waals surface area contributed by atoms with Gasteiger partial charge in [-0.2, -0.15) is 5.10 Å². The van der Waals surface area contributed by atoms with E-state index in [1.807, 2.05) is 0 Å². The lowest BCUT2D eigenvalue weighted by Gasteiger charge is -1.99. The molecule has 1 aromatic heterocycles. The molecule has 3 N–H and O–H groups in total. The molecule has 0 atom stereocenters. The lowest BCUT2D eigenvalue weighted by Crippen LogP contribution is -2.10. The first-order chi connectivity index (χ1) is 7.58. The van der Waals surface area contributed by atoms with Crippen LogP contribution in [0.1, 0.15) is 10.5 Å². The van der Waals surface area contributed by atoms with Crippen LogP contribution in [-0.4, -0.2) is 16.1 Å². The number of halogens is 2. The zero-order chi connectivity index (χ0) is 11.7. The van der Waals surface area contributed by atoms with Gasteiger partial charge in [0, 0.05) is 9.13 Å². The maximum Gasteiger partial charge on any atom is 0.266 e. The Hall–Kier alpha value is -1.44. The molecule has 6 heteroatoms. The minimum atomic E-state index is -0.592. The molecular formula is C10H7FIN3O. The fourth-order valence-corrected chi connectivity index (χ4v) is 1.89. The molecule has 0 radical (unpaired) electrons. The van der Waals surface area contributed by atoms with Gasteiger partial charge in [0.2, 0.25) is 0 Å². The van der Waals surface area contributed by atoms with Crippen LogP contribution in [0.5, 0.6) is 0 Å². The number of aromatic amines is 1. The molecule has 0 aliphatic rings. The lowest BCUT2D eigenvalue weighted by molar-refractivity contribution is 0.0995. The number of hydrogen-bond donors (Lipinski definition) is 2. The van der Waals surface area contributed by atoms with Gasteiger partial charge in [-0.3, -0.25) is 9.89 Å². The SMILES string of the molecule is NC(=O)c1cc(-c2cc(F)ccc2I)n[nH]1. The summed E-state index contributed by atoms with van der Waals surface area (Å²) in [7, 11) is 0. The molecule has 0 spiro atoms. The Labute approximate surface area is 104 Å². The van der Waals surface area contributed by atoms with E-state index in [9.17, 15) is 9.18 Å². The molecule has 0 saturated heterocycles. The summed E-state index contributed by atoms with van der Waals surface area (Å²) >= 11 is 2.07. The van der Waals surface area contributed by atoms with Crippen LogP contribution in [0.15, 0.2) is 24.3 Å². The summed E-state index contributed by atoms with van der Waals surface area (Å²) in [6, 6.07) is 5.87. The van der Waals surface area contributed by atoms with Gasteiger partial charge in [-0.25, -0.2) is 4.39 Å². The molecule has 1 amide bonds. The fourth-order valence-electron chi connectivity index (χ4n) is 1.28. The van der Waals surface area contributed by atoms with Crippen molar-refractivity contribution in [2.24, 2.45) is 5.73 Å². The first kappa shape index (κ1) is 11.1. The number of carbonyl (C=O) groups is 1. The van der Waals surface area contributed by atoms with Crippen molar-refractivity contribution in [3.8, 4) is 11.3 Å². The van der Waals surface area contributed by atoms with Crippen LogP contribution in [0.4, 0.5) is 4.39 Å². The van der Waals surface area contributed by atoms with E-state index < -0.39 is 5.91 Å². The highest BCUT2D eigenvalue weighted by molar-refractivity contribution is 14.1. The summed E-state index contributed by atoms with van der Waals surface area (Å²) < 4.78 is 13.9. The number of amides is 1. The minimum Gasteiger partial charge on any atom is -0.364 e. The molecule has 0 aliphatic heterocycles. The Morgan fingerprint density at radius 2 is 2.19 bits per heavy atom. The van der Waals surface area contributed by atoms with Crippen molar-refractivity contribution in [1.29, 1.82) is 0 Å². The van der Waals surface area contributed by atoms with Gasteiger partial charge in [0.1, 0.15) is 11.5 Å². The van der Waals surface area contributed by atoms with Crippen LogP contribution in [-0.2, 0) is 0 Å². The van der Waals surface area contributed by atoms with E-state index in [1.54, 1.807) is 6.07 Å². The Morgan fingerprint density at radius 3 is 2.81 bits per heavy atom. The average Bonchev–Trinajstić information content (AvgIpc) is 2.70. The van der Waals surface area contributed by atoms with E-state index >= 15 is 0 Å². The number of aromatic nitrogens is 2. The van der Waals surface area contributed by atoms with Gasteiger partial charge in [0.05, 0.1) is 5.69 Å². The highest BCUT2D eigenvalue weighted by Crippen LogP contribution is 2.24. The van der Waals surface area contributed by atoms with Crippen LogP contribution < -0.4 is 5.73 Å². The maximum atomic E-state index is 13.1. The average molecular weight is 331 g/mol. The van der Waals surface area contributed by atoms with Crippen molar-refractivity contribution in [1.82, 2.24) is 10.2 Å². The van der Waals surface area contributed by atoms with Gasteiger partial charge in [-0.1, -0.05) is 0 Å². The number of rotatable bonds is 2. The largest absolute Gasteiger partial charge is 0.364 e. The molecule has 82 valence electrons. The minimum absolute atomic E-state index is 0.204. The summed E-state index contributed by atoms with van der Waals surface area (Å²) in [4.78, 5) is 10.9.